The van der Waals surface area contributed by atoms with Gasteiger partial charge in [-0.3, -0.25) is 9.78 Å². The fourth-order valence-electron chi connectivity index (χ4n) is 3.86. The van der Waals surface area contributed by atoms with E-state index in [-0.39, 0.29) is 6.42 Å². The Morgan fingerprint density at radius 3 is 2.52 bits per heavy atom. The third-order valence-corrected chi connectivity index (χ3v) is 5.53. The minimum atomic E-state index is -0.712. The van der Waals surface area contributed by atoms with Gasteiger partial charge in [0.25, 0.3) is 0 Å². The van der Waals surface area contributed by atoms with Gasteiger partial charge in [0.15, 0.2) is 0 Å². The molecule has 1 aliphatic carbocycles. The predicted octanol–water partition coefficient (Wildman–Crippen LogP) is 6.13. The lowest BCUT2D eigenvalue weighted by atomic mass is 9.99. The van der Waals surface area contributed by atoms with Crippen molar-refractivity contribution in [3.63, 3.8) is 0 Å². The van der Waals surface area contributed by atoms with Crippen LogP contribution in [0.15, 0.2) is 54.8 Å². The molecule has 0 amide bonds. The molecule has 0 bridgehead atoms. The van der Waals surface area contributed by atoms with Crippen LogP contribution in [-0.2, 0) is 4.79 Å². The molecule has 164 valence electrons. The number of hydrogen-bond acceptors (Lipinski definition) is 4. The zero-order valence-corrected chi connectivity index (χ0v) is 18.6. The van der Waals surface area contributed by atoms with E-state index in [1.807, 2.05) is 24.4 Å². The molecule has 5 nitrogen and oxygen atoms in total. The van der Waals surface area contributed by atoms with Gasteiger partial charge in [-0.2, -0.15) is 0 Å². The second-order valence-electron chi connectivity index (χ2n) is 8.28. The monoisotopic (exact) mass is 419 g/mol. The van der Waals surface area contributed by atoms with Gasteiger partial charge >= 0.3 is 5.97 Å². The fraction of sp³-hybridized carbons (Fsp3) is 0.423. The maximum Gasteiger partial charge on any atom is 0.303 e. The summed E-state index contributed by atoms with van der Waals surface area (Å²) in [6, 6.07) is 10.5. The topological polar surface area (TPSA) is 66.3 Å². The molecule has 0 saturated heterocycles. The van der Waals surface area contributed by atoms with Crippen molar-refractivity contribution in [2.45, 2.75) is 64.8 Å². The molecule has 1 N–H and O–H groups in total. The minimum absolute atomic E-state index is 0.256. The highest BCUT2D eigenvalue weighted by atomic mass is 16.4. The lowest BCUT2D eigenvalue weighted by Crippen LogP contribution is -2.33. The van der Waals surface area contributed by atoms with Crippen LogP contribution in [0.1, 0.15) is 64.5 Å². The number of allylic oxidation sites excluding steroid dienone is 4. The van der Waals surface area contributed by atoms with Gasteiger partial charge in [-0.25, -0.2) is 4.98 Å². The van der Waals surface area contributed by atoms with E-state index >= 15 is 0 Å². The molecule has 1 aliphatic rings. The highest BCUT2D eigenvalue weighted by Crippen LogP contribution is 2.30. The van der Waals surface area contributed by atoms with E-state index in [1.165, 1.54) is 0 Å². The first-order valence-electron chi connectivity index (χ1n) is 11.3. The quantitative estimate of drug-likeness (QED) is 0.444. The van der Waals surface area contributed by atoms with Crippen LogP contribution in [-0.4, -0.2) is 33.6 Å². The Balaban J connectivity index is 1.81. The zero-order valence-electron chi connectivity index (χ0n) is 18.6. The Morgan fingerprint density at radius 2 is 1.84 bits per heavy atom. The molecule has 0 unspecified atom stereocenters. The molecule has 1 heterocycles. The van der Waals surface area contributed by atoms with Gasteiger partial charge in [0.05, 0.1) is 17.6 Å². The van der Waals surface area contributed by atoms with Gasteiger partial charge in [0, 0.05) is 24.6 Å². The Hall–Kier alpha value is -2.95. The number of carboxylic acids is 1. The number of nitrogens with zero attached hydrogens (tertiary/aromatic N) is 3. The summed E-state index contributed by atoms with van der Waals surface area (Å²) in [5.74, 6) is 0.186. The van der Waals surface area contributed by atoms with Crippen molar-refractivity contribution in [1.82, 2.24) is 9.97 Å². The molecular formula is C26H33N3O2. The number of unbranched alkanes of at least 4 members (excludes halogenated alkanes) is 3. The van der Waals surface area contributed by atoms with Crippen molar-refractivity contribution in [3.05, 3.63) is 60.5 Å². The van der Waals surface area contributed by atoms with E-state index in [2.05, 4.69) is 49.1 Å². The van der Waals surface area contributed by atoms with Crippen LogP contribution >= 0.6 is 0 Å². The number of hydrogen-bond donors (Lipinski definition) is 1. The van der Waals surface area contributed by atoms with Crippen LogP contribution in [0.4, 0.5) is 5.82 Å². The summed E-state index contributed by atoms with van der Waals surface area (Å²) in [6.07, 6.45) is 14.6. The Bertz CT molecular complexity index is 920. The number of benzene rings is 1. The second-order valence-corrected chi connectivity index (χ2v) is 8.28. The molecule has 0 fully saturated rings. The van der Waals surface area contributed by atoms with Gasteiger partial charge in [-0.15, -0.1) is 0 Å². The minimum Gasteiger partial charge on any atom is -0.481 e. The van der Waals surface area contributed by atoms with Crippen molar-refractivity contribution in [1.29, 1.82) is 0 Å². The fourth-order valence-corrected chi connectivity index (χ4v) is 3.86. The van der Waals surface area contributed by atoms with E-state index in [0.717, 1.165) is 73.4 Å². The lowest BCUT2D eigenvalue weighted by molar-refractivity contribution is -0.137. The SMILES string of the molecule is CC(C)N(CCCCCCC(=O)O)c1cnc(-c2ccccc2)c(C2=CCCC=C2)n1. The lowest BCUT2D eigenvalue weighted by Gasteiger charge is -2.28. The normalized spacial score (nSPS) is 13.3. The summed E-state index contributed by atoms with van der Waals surface area (Å²) in [6.45, 7) is 5.24. The van der Waals surface area contributed by atoms with E-state index in [4.69, 9.17) is 15.1 Å². The van der Waals surface area contributed by atoms with E-state index in [0.29, 0.717) is 6.04 Å². The molecule has 2 aromatic rings. The molecule has 5 heteroatoms. The maximum atomic E-state index is 10.7. The van der Waals surface area contributed by atoms with E-state index < -0.39 is 5.97 Å². The number of anilines is 1. The van der Waals surface area contributed by atoms with Crippen LogP contribution in [0, 0.1) is 0 Å². The summed E-state index contributed by atoms with van der Waals surface area (Å²) < 4.78 is 0. The van der Waals surface area contributed by atoms with Gasteiger partial charge < -0.3 is 10.0 Å². The first-order chi connectivity index (χ1) is 15.1. The van der Waals surface area contributed by atoms with E-state index in [1.54, 1.807) is 0 Å². The van der Waals surface area contributed by atoms with Crippen molar-refractivity contribution in [2.75, 3.05) is 11.4 Å². The Kier molecular flexibility index (Phi) is 8.39. The van der Waals surface area contributed by atoms with Crippen molar-refractivity contribution in [3.8, 4) is 11.3 Å². The maximum absolute atomic E-state index is 10.7. The van der Waals surface area contributed by atoms with Crippen LogP contribution in [0.3, 0.4) is 0 Å². The summed E-state index contributed by atoms with van der Waals surface area (Å²) in [5.41, 5.74) is 4.06. The van der Waals surface area contributed by atoms with Gasteiger partial charge in [0.2, 0.25) is 0 Å². The summed E-state index contributed by atoms with van der Waals surface area (Å²) in [5, 5.41) is 8.79. The summed E-state index contributed by atoms with van der Waals surface area (Å²) in [7, 11) is 0. The Labute approximate surface area is 185 Å². The first-order valence-corrected chi connectivity index (χ1v) is 11.3. The molecule has 0 atom stereocenters. The molecule has 1 aromatic heterocycles. The standard InChI is InChI=1S/C26H33N3O2/c1-20(2)29(18-12-4-3-11-17-24(30)31)23-19-27-25(21-13-7-5-8-14-21)26(28-23)22-15-9-6-10-16-22/h5,7-9,13-16,19-20H,3-4,6,10-12,17-18H2,1-2H3,(H,30,31). The largest absolute Gasteiger partial charge is 0.481 e. The smallest absolute Gasteiger partial charge is 0.303 e. The predicted molar refractivity (Wildman–Crippen MR) is 127 cm³/mol. The molecule has 0 aliphatic heterocycles. The average molecular weight is 420 g/mol. The summed E-state index contributed by atoms with van der Waals surface area (Å²) in [4.78, 5) is 22.9. The van der Waals surface area contributed by atoms with Crippen LogP contribution in [0.2, 0.25) is 0 Å². The van der Waals surface area contributed by atoms with Gasteiger partial charge in [-0.05, 0) is 45.1 Å². The van der Waals surface area contributed by atoms with Crippen LogP contribution < -0.4 is 4.90 Å². The number of rotatable bonds is 11. The molecular weight excluding hydrogens is 386 g/mol. The Morgan fingerprint density at radius 1 is 1.06 bits per heavy atom. The number of aromatic nitrogens is 2. The second kappa shape index (κ2) is 11.4. The number of carbonyl (C=O) groups is 1. The van der Waals surface area contributed by atoms with Crippen LogP contribution in [0.25, 0.3) is 16.8 Å². The molecule has 0 radical (unpaired) electrons. The molecule has 31 heavy (non-hydrogen) atoms. The molecule has 0 spiro atoms. The number of carboxylic acid groups (broad SMARTS) is 1. The highest BCUT2D eigenvalue weighted by Gasteiger charge is 2.18. The van der Waals surface area contributed by atoms with Crippen molar-refractivity contribution >= 4 is 17.4 Å². The average Bonchev–Trinajstić information content (AvgIpc) is 2.79. The first kappa shape index (κ1) is 22.7. The highest BCUT2D eigenvalue weighted by molar-refractivity contribution is 5.82. The molecule has 1 aromatic carbocycles. The third kappa shape index (κ3) is 6.51. The third-order valence-electron chi connectivity index (χ3n) is 5.53. The summed E-state index contributed by atoms with van der Waals surface area (Å²) >= 11 is 0. The van der Waals surface area contributed by atoms with Crippen LogP contribution in [0.5, 0.6) is 0 Å². The zero-order chi connectivity index (χ0) is 22.1. The van der Waals surface area contributed by atoms with Gasteiger partial charge in [0.1, 0.15) is 5.82 Å². The van der Waals surface area contributed by atoms with Crippen molar-refractivity contribution < 1.29 is 9.90 Å². The molecule has 3 rings (SSSR count). The molecule has 0 saturated carbocycles. The van der Waals surface area contributed by atoms with Gasteiger partial charge in [-0.1, -0.05) is 61.4 Å². The van der Waals surface area contributed by atoms with E-state index in [9.17, 15) is 4.79 Å². The van der Waals surface area contributed by atoms with Crippen molar-refractivity contribution in [2.24, 2.45) is 0 Å². The number of aliphatic carboxylic acids is 1.